The van der Waals surface area contributed by atoms with Gasteiger partial charge in [-0.1, -0.05) is 20.8 Å². The first-order valence-electron chi connectivity index (χ1n) is 8.46. The van der Waals surface area contributed by atoms with Crippen LogP contribution in [0.1, 0.15) is 46.5 Å². The van der Waals surface area contributed by atoms with Crippen LogP contribution in [0.3, 0.4) is 0 Å². The van der Waals surface area contributed by atoms with E-state index in [1.165, 1.54) is 0 Å². The Kier molecular flexibility index (Phi) is 3.91. The summed E-state index contributed by atoms with van der Waals surface area (Å²) in [6, 6.07) is 7.53. The maximum absolute atomic E-state index is 12.3. The highest BCUT2D eigenvalue weighted by molar-refractivity contribution is 6.06. The topological polar surface area (TPSA) is 49.8 Å². The molecule has 0 radical (unpaired) electrons. The number of carbonyl (C=O) groups is 1. The monoisotopic (exact) mass is 317 g/mol. The highest BCUT2D eigenvalue weighted by Crippen LogP contribution is 2.51. The van der Waals surface area contributed by atoms with Crippen molar-refractivity contribution >= 4 is 11.6 Å². The van der Waals surface area contributed by atoms with Crippen molar-refractivity contribution in [2.75, 3.05) is 12.0 Å². The average molecular weight is 317 g/mol. The molecule has 1 saturated heterocycles. The second-order valence-electron chi connectivity index (χ2n) is 8.02. The van der Waals surface area contributed by atoms with E-state index in [9.17, 15) is 9.90 Å². The summed E-state index contributed by atoms with van der Waals surface area (Å²) in [4.78, 5) is 14.1. The van der Waals surface area contributed by atoms with Crippen LogP contribution in [0.25, 0.3) is 0 Å². The van der Waals surface area contributed by atoms with Gasteiger partial charge in [0.25, 0.3) is 5.91 Å². The summed E-state index contributed by atoms with van der Waals surface area (Å²) in [6.07, 6.45) is 2.99. The van der Waals surface area contributed by atoms with Gasteiger partial charge in [-0.05, 0) is 61.3 Å². The predicted octanol–water partition coefficient (Wildman–Crippen LogP) is 3.38. The lowest BCUT2D eigenvalue weighted by atomic mass is 9.62. The molecule has 4 heteroatoms. The molecule has 1 aromatic carbocycles. The Morgan fingerprint density at radius 3 is 2.22 bits per heavy atom. The summed E-state index contributed by atoms with van der Waals surface area (Å²) < 4.78 is 5.18. The summed E-state index contributed by atoms with van der Waals surface area (Å²) in [6.45, 7) is 6.83. The third-order valence-electron chi connectivity index (χ3n) is 5.82. The van der Waals surface area contributed by atoms with Crippen molar-refractivity contribution in [3.63, 3.8) is 0 Å². The molecular weight excluding hydrogens is 290 g/mol. The molecular formula is C19H27NO3. The second-order valence-corrected chi connectivity index (χ2v) is 8.02. The molecule has 126 valence electrons. The third-order valence-corrected chi connectivity index (χ3v) is 5.82. The molecule has 1 amide bonds. The molecule has 1 aromatic rings. The predicted molar refractivity (Wildman–Crippen MR) is 90.6 cm³/mol. The summed E-state index contributed by atoms with van der Waals surface area (Å²) in [5, 5.41) is 10.4. The Balaban J connectivity index is 1.82. The summed E-state index contributed by atoms with van der Waals surface area (Å²) in [7, 11) is 1.63. The molecule has 0 aromatic heterocycles. The van der Waals surface area contributed by atoms with Crippen molar-refractivity contribution in [2.24, 2.45) is 11.3 Å². The Hall–Kier alpha value is -1.55. The van der Waals surface area contributed by atoms with E-state index in [2.05, 4.69) is 20.8 Å². The first kappa shape index (κ1) is 16.3. The second kappa shape index (κ2) is 5.52. The number of hydrogen-bond donors (Lipinski definition) is 1. The van der Waals surface area contributed by atoms with E-state index in [4.69, 9.17) is 4.74 Å². The zero-order valence-electron chi connectivity index (χ0n) is 14.5. The number of rotatable bonds is 2. The molecule has 23 heavy (non-hydrogen) atoms. The Labute approximate surface area is 138 Å². The number of β-lactam (4-membered cyclic amide) rings is 1. The molecule has 3 rings (SSSR count). The Morgan fingerprint density at radius 2 is 1.74 bits per heavy atom. The number of anilines is 1. The average Bonchev–Trinajstić information content (AvgIpc) is 2.55. The lowest BCUT2D eigenvalue weighted by Crippen LogP contribution is -2.76. The molecule has 1 unspecified atom stereocenters. The van der Waals surface area contributed by atoms with Gasteiger partial charge in [0.05, 0.1) is 12.6 Å². The molecule has 1 spiro atoms. The van der Waals surface area contributed by atoms with Gasteiger partial charge in [0.1, 0.15) is 5.75 Å². The van der Waals surface area contributed by atoms with E-state index in [-0.39, 0.29) is 11.3 Å². The number of nitrogens with zero attached hydrogens (tertiary/aromatic N) is 1. The number of hydrogen-bond acceptors (Lipinski definition) is 3. The van der Waals surface area contributed by atoms with Crippen LogP contribution in [0, 0.1) is 11.3 Å². The molecule has 1 heterocycles. The van der Waals surface area contributed by atoms with Crippen LogP contribution in [0.2, 0.25) is 0 Å². The Bertz CT molecular complexity index is 580. The summed E-state index contributed by atoms with van der Waals surface area (Å²) in [5.74, 6) is 1.24. The number of aliphatic hydroxyl groups excluding tert-OH is 1. The minimum absolute atomic E-state index is 0.177. The fourth-order valence-corrected chi connectivity index (χ4v) is 4.22. The number of aliphatic hydroxyl groups is 1. The minimum atomic E-state index is -0.856. The summed E-state index contributed by atoms with van der Waals surface area (Å²) >= 11 is 0. The van der Waals surface area contributed by atoms with Crippen LogP contribution in [0.15, 0.2) is 24.3 Å². The van der Waals surface area contributed by atoms with E-state index in [0.717, 1.165) is 37.1 Å². The van der Waals surface area contributed by atoms with E-state index in [0.29, 0.717) is 5.92 Å². The highest BCUT2D eigenvalue weighted by Gasteiger charge is 2.61. The van der Waals surface area contributed by atoms with Crippen molar-refractivity contribution in [2.45, 2.75) is 58.1 Å². The van der Waals surface area contributed by atoms with Crippen molar-refractivity contribution in [3.8, 4) is 5.75 Å². The summed E-state index contributed by atoms with van der Waals surface area (Å²) in [5.41, 5.74) is 0.730. The molecule has 2 fully saturated rings. The van der Waals surface area contributed by atoms with Crippen molar-refractivity contribution in [1.29, 1.82) is 0 Å². The van der Waals surface area contributed by atoms with Crippen LogP contribution >= 0.6 is 0 Å². The fourth-order valence-electron chi connectivity index (χ4n) is 4.22. The van der Waals surface area contributed by atoms with E-state index in [1.54, 1.807) is 7.11 Å². The highest BCUT2D eigenvalue weighted by atomic mass is 16.5. The van der Waals surface area contributed by atoms with Crippen LogP contribution < -0.4 is 9.64 Å². The van der Waals surface area contributed by atoms with Crippen molar-refractivity contribution in [1.82, 2.24) is 0 Å². The molecule has 4 nitrogen and oxygen atoms in total. The van der Waals surface area contributed by atoms with Gasteiger partial charge in [-0.2, -0.15) is 0 Å². The van der Waals surface area contributed by atoms with Crippen LogP contribution in [-0.2, 0) is 4.79 Å². The van der Waals surface area contributed by atoms with Gasteiger partial charge in [0.15, 0.2) is 6.10 Å². The third kappa shape index (κ3) is 2.53. The maximum Gasteiger partial charge on any atom is 0.258 e. The van der Waals surface area contributed by atoms with E-state index < -0.39 is 11.6 Å². The standard InChI is InChI=1S/C19H27NO3/c1-18(2,3)13-9-11-19(12-10-13)16(21)17(22)20(19)14-5-7-15(23-4)8-6-14/h5-8,13,16,21H,9-12H2,1-4H3. The SMILES string of the molecule is COc1ccc(N2C(=O)C(O)C23CCC(C(C)(C)C)CC3)cc1. The molecule has 1 saturated carbocycles. The lowest BCUT2D eigenvalue weighted by Gasteiger charge is -2.59. The maximum atomic E-state index is 12.3. The molecule has 2 aliphatic rings. The smallest absolute Gasteiger partial charge is 0.258 e. The van der Waals surface area contributed by atoms with E-state index >= 15 is 0 Å². The first-order valence-corrected chi connectivity index (χ1v) is 8.46. The van der Waals surface area contributed by atoms with E-state index in [1.807, 2.05) is 29.2 Å². The quantitative estimate of drug-likeness (QED) is 0.851. The molecule has 1 aliphatic carbocycles. The van der Waals surface area contributed by atoms with Crippen molar-refractivity contribution in [3.05, 3.63) is 24.3 Å². The van der Waals surface area contributed by atoms with Crippen molar-refractivity contribution < 1.29 is 14.6 Å². The zero-order valence-corrected chi connectivity index (χ0v) is 14.5. The number of amides is 1. The number of methoxy groups -OCH3 is 1. The zero-order chi connectivity index (χ0) is 16.8. The molecule has 1 N–H and O–H groups in total. The normalized spacial score (nSPS) is 31.2. The van der Waals surface area contributed by atoms with Gasteiger partial charge < -0.3 is 14.7 Å². The van der Waals surface area contributed by atoms with Gasteiger partial charge in [0.2, 0.25) is 0 Å². The van der Waals surface area contributed by atoms with Crippen LogP contribution in [0.4, 0.5) is 5.69 Å². The van der Waals surface area contributed by atoms with Gasteiger partial charge in [-0.25, -0.2) is 0 Å². The molecule has 1 aliphatic heterocycles. The fraction of sp³-hybridized carbons (Fsp3) is 0.632. The van der Waals surface area contributed by atoms with Crippen LogP contribution in [-0.4, -0.2) is 29.8 Å². The minimum Gasteiger partial charge on any atom is -0.497 e. The molecule has 0 bridgehead atoms. The van der Waals surface area contributed by atoms with Crippen LogP contribution in [0.5, 0.6) is 5.75 Å². The number of ether oxygens (including phenoxy) is 1. The van der Waals surface area contributed by atoms with Gasteiger partial charge in [-0.15, -0.1) is 0 Å². The first-order chi connectivity index (χ1) is 10.8. The van der Waals surface area contributed by atoms with Gasteiger partial charge >= 0.3 is 0 Å². The van der Waals surface area contributed by atoms with Gasteiger partial charge in [0, 0.05) is 5.69 Å². The largest absolute Gasteiger partial charge is 0.497 e. The van der Waals surface area contributed by atoms with Gasteiger partial charge in [-0.3, -0.25) is 4.79 Å². The number of benzene rings is 1. The number of carbonyl (C=O) groups excluding carboxylic acids is 1. The Morgan fingerprint density at radius 1 is 1.17 bits per heavy atom. The molecule has 1 atom stereocenters. The lowest BCUT2D eigenvalue weighted by molar-refractivity contribution is -0.147.